The van der Waals surface area contributed by atoms with Gasteiger partial charge >= 0.3 is 5.97 Å². The first-order chi connectivity index (χ1) is 9.92. The summed E-state index contributed by atoms with van der Waals surface area (Å²) in [5, 5.41) is 11.8. The molecule has 1 aromatic rings. The molecule has 5 nitrogen and oxygen atoms in total. The van der Waals surface area contributed by atoms with Crippen molar-refractivity contribution in [1.82, 2.24) is 5.32 Å². The molecule has 0 fully saturated rings. The van der Waals surface area contributed by atoms with E-state index in [1.54, 1.807) is 19.3 Å². The minimum absolute atomic E-state index is 0.372. The number of rotatable bonds is 7. The van der Waals surface area contributed by atoms with Gasteiger partial charge in [-0.3, -0.25) is 4.79 Å². The molecule has 0 saturated heterocycles. The van der Waals surface area contributed by atoms with Crippen LogP contribution in [0.15, 0.2) is 30.3 Å². The maximum absolute atomic E-state index is 11.9. The van der Waals surface area contributed by atoms with Gasteiger partial charge in [0.05, 0.1) is 7.11 Å². The van der Waals surface area contributed by atoms with Crippen LogP contribution in [0, 0.1) is 0 Å². The quantitative estimate of drug-likeness (QED) is 0.757. The second-order valence-corrected chi connectivity index (χ2v) is 4.95. The monoisotopic (exact) mass is 291 g/mol. The fourth-order valence-electron chi connectivity index (χ4n) is 2.01. The molecule has 1 unspecified atom stereocenters. The highest BCUT2D eigenvalue weighted by Crippen LogP contribution is 2.19. The van der Waals surface area contributed by atoms with E-state index in [4.69, 9.17) is 4.74 Å². The van der Waals surface area contributed by atoms with Gasteiger partial charge in [-0.25, -0.2) is 4.79 Å². The molecular weight excluding hydrogens is 270 g/mol. The second-order valence-electron chi connectivity index (χ2n) is 4.95. The largest absolute Gasteiger partial charge is 0.496 e. The smallest absolute Gasteiger partial charge is 0.329 e. The molecule has 0 spiro atoms. The van der Waals surface area contributed by atoms with Gasteiger partial charge in [0.1, 0.15) is 11.3 Å². The van der Waals surface area contributed by atoms with Crippen LogP contribution in [0.5, 0.6) is 5.75 Å². The summed E-state index contributed by atoms with van der Waals surface area (Å²) in [7, 11) is 1.55. The number of carbonyl (C=O) groups excluding carboxylic acids is 1. The van der Waals surface area contributed by atoms with E-state index >= 15 is 0 Å². The van der Waals surface area contributed by atoms with Crippen LogP contribution in [-0.2, 0) is 9.59 Å². The molecule has 0 radical (unpaired) electrons. The number of hydrogen-bond donors (Lipinski definition) is 2. The predicted octanol–water partition coefficient (Wildman–Crippen LogP) is 2.47. The summed E-state index contributed by atoms with van der Waals surface area (Å²) < 4.78 is 5.18. The van der Waals surface area contributed by atoms with E-state index in [2.05, 4.69) is 5.32 Å². The van der Waals surface area contributed by atoms with Crippen LogP contribution in [0.3, 0.4) is 0 Å². The normalized spacial score (nSPS) is 13.7. The third kappa shape index (κ3) is 4.63. The average molecular weight is 291 g/mol. The number of nitrogens with one attached hydrogen (secondary N) is 1. The van der Waals surface area contributed by atoms with Crippen molar-refractivity contribution in [3.8, 4) is 5.75 Å². The van der Waals surface area contributed by atoms with Crippen LogP contribution >= 0.6 is 0 Å². The molecule has 1 atom stereocenters. The summed E-state index contributed by atoms with van der Waals surface area (Å²) >= 11 is 0. The Labute approximate surface area is 124 Å². The molecule has 0 aliphatic heterocycles. The van der Waals surface area contributed by atoms with Crippen molar-refractivity contribution in [3.63, 3.8) is 0 Å². The lowest BCUT2D eigenvalue weighted by Gasteiger charge is -2.24. The Bertz CT molecular complexity index is 539. The molecule has 21 heavy (non-hydrogen) atoms. The first kappa shape index (κ1) is 16.8. The number of carboxylic acid groups (broad SMARTS) is 1. The van der Waals surface area contributed by atoms with Crippen molar-refractivity contribution in [3.05, 3.63) is 35.9 Å². The SMILES string of the molecule is CCCC(C)(NC(=O)/C=C/c1ccccc1OC)C(=O)O. The van der Waals surface area contributed by atoms with Gasteiger partial charge in [0.25, 0.3) is 0 Å². The van der Waals surface area contributed by atoms with Crippen LogP contribution in [0.1, 0.15) is 32.3 Å². The van der Waals surface area contributed by atoms with Crippen LogP contribution < -0.4 is 10.1 Å². The Balaban J connectivity index is 2.81. The van der Waals surface area contributed by atoms with E-state index in [-0.39, 0.29) is 0 Å². The zero-order chi connectivity index (χ0) is 15.9. The van der Waals surface area contributed by atoms with Gasteiger partial charge in [0.15, 0.2) is 0 Å². The third-order valence-electron chi connectivity index (χ3n) is 3.17. The molecule has 1 rings (SSSR count). The number of carboxylic acids is 1. The van der Waals surface area contributed by atoms with Crippen LogP contribution in [0.2, 0.25) is 0 Å². The van der Waals surface area contributed by atoms with Gasteiger partial charge in [-0.15, -0.1) is 0 Å². The van der Waals surface area contributed by atoms with Crippen molar-refractivity contribution in [1.29, 1.82) is 0 Å². The van der Waals surface area contributed by atoms with Gasteiger partial charge in [0.2, 0.25) is 5.91 Å². The molecule has 0 aliphatic carbocycles. The minimum atomic E-state index is -1.25. The molecule has 1 amide bonds. The van der Waals surface area contributed by atoms with Crippen LogP contribution in [0.4, 0.5) is 0 Å². The van der Waals surface area contributed by atoms with Crippen molar-refractivity contribution in [2.45, 2.75) is 32.2 Å². The number of aliphatic carboxylic acids is 1. The Morgan fingerprint density at radius 2 is 2.05 bits per heavy atom. The molecule has 0 aromatic heterocycles. The third-order valence-corrected chi connectivity index (χ3v) is 3.17. The molecule has 1 aromatic carbocycles. The molecule has 0 heterocycles. The number of amides is 1. The lowest BCUT2D eigenvalue weighted by atomic mass is 9.96. The van der Waals surface area contributed by atoms with E-state index in [0.717, 1.165) is 5.56 Å². The minimum Gasteiger partial charge on any atom is -0.496 e. The summed E-state index contributed by atoms with van der Waals surface area (Å²) in [5.74, 6) is -0.834. The van der Waals surface area contributed by atoms with Crippen molar-refractivity contribution >= 4 is 18.0 Å². The van der Waals surface area contributed by atoms with Gasteiger partial charge in [-0.1, -0.05) is 31.5 Å². The summed E-state index contributed by atoms with van der Waals surface area (Å²) in [6, 6.07) is 7.26. The number of ether oxygens (including phenoxy) is 1. The van der Waals surface area contributed by atoms with E-state index in [9.17, 15) is 14.7 Å². The summed E-state index contributed by atoms with van der Waals surface area (Å²) in [5.41, 5.74) is -0.501. The van der Waals surface area contributed by atoms with E-state index < -0.39 is 17.4 Å². The number of methoxy groups -OCH3 is 1. The van der Waals surface area contributed by atoms with Gasteiger partial charge in [0, 0.05) is 11.6 Å². The van der Waals surface area contributed by atoms with Gasteiger partial charge in [-0.2, -0.15) is 0 Å². The summed E-state index contributed by atoms with van der Waals surface area (Å²) in [6.07, 6.45) is 3.95. The Morgan fingerprint density at radius 3 is 2.62 bits per heavy atom. The zero-order valence-electron chi connectivity index (χ0n) is 12.6. The van der Waals surface area contributed by atoms with Crippen molar-refractivity contribution < 1.29 is 19.4 Å². The first-order valence-corrected chi connectivity index (χ1v) is 6.79. The first-order valence-electron chi connectivity index (χ1n) is 6.79. The Morgan fingerprint density at radius 1 is 1.38 bits per heavy atom. The number of hydrogen-bond acceptors (Lipinski definition) is 3. The lowest BCUT2D eigenvalue weighted by Crippen LogP contribution is -2.51. The molecule has 0 bridgehead atoms. The average Bonchev–Trinajstić information content (AvgIpc) is 2.45. The Hall–Kier alpha value is -2.30. The van der Waals surface area contributed by atoms with E-state index in [1.807, 2.05) is 25.1 Å². The van der Waals surface area contributed by atoms with E-state index in [1.165, 1.54) is 13.0 Å². The van der Waals surface area contributed by atoms with Crippen LogP contribution in [-0.4, -0.2) is 29.6 Å². The number of carbonyl (C=O) groups is 2. The summed E-state index contributed by atoms with van der Waals surface area (Å²) in [6.45, 7) is 3.38. The maximum atomic E-state index is 11.9. The van der Waals surface area contributed by atoms with Crippen molar-refractivity contribution in [2.24, 2.45) is 0 Å². The fourth-order valence-corrected chi connectivity index (χ4v) is 2.01. The molecule has 0 saturated carbocycles. The highest BCUT2D eigenvalue weighted by atomic mass is 16.5. The van der Waals surface area contributed by atoms with E-state index in [0.29, 0.717) is 18.6 Å². The molecule has 114 valence electrons. The zero-order valence-corrected chi connectivity index (χ0v) is 12.6. The standard InChI is InChI=1S/C16H21NO4/c1-4-11-16(2,15(19)20)17-14(18)10-9-12-7-5-6-8-13(12)21-3/h5-10H,4,11H2,1-3H3,(H,17,18)(H,19,20)/b10-9+. The number of benzene rings is 1. The van der Waals surface area contributed by atoms with Crippen molar-refractivity contribution in [2.75, 3.05) is 7.11 Å². The van der Waals surface area contributed by atoms with Gasteiger partial charge in [-0.05, 0) is 25.5 Å². The number of para-hydroxylation sites is 1. The second kappa shape index (κ2) is 7.47. The Kier molecular flexibility index (Phi) is 5.96. The maximum Gasteiger partial charge on any atom is 0.329 e. The fraction of sp³-hybridized carbons (Fsp3) is 0.375. The lowest BCUT2D eigenvalue weighted by molar-refractivity contribution is -0.146. The molecular formula is C16H21NO4. The highest BCUT2D eigenvalue weighted by Gasteiger charge is 2.33. The predicted molar refractivity (Wildman–Crippen MR) is 81.1 cm³/mol. The molecule has 5 heteroatoms. The molecule has 0 aliphatic rings. The topological polar surface area (TPSA) is 75.6 Å². The van der Waals surface area contributed by atoms with Gasteiger partial charge < -0.3 is 15.2 Å². The van der Waals surface area contributed by atoms with Crippen LogP contribution in [0.25, 0.3) is 6.08 Å². The highest BCUT2D eigenvalue weighted by molar-refractivity contribution is 5.95. The summed E-state index contributed by atoms with van der Waals surface area (Å²) in [4.78, 5) is 23.2. The molecule has 2 N–H and O–H groups in total.